The van der Waals surface area contributed by atoms with E-state index in [4.69, 9.17) is 27.9 Å². The predicted molar refractivity (Wildman–Crippen MR) is 135 cm³/mol. The van der Waals surface area contributed by atoms with E-state index in [1.807, 2.05) is 25.1 Å². The lowest BCUT2D eigenvalue weighted by Gasteiger charge is -2.05. The van der Waals surface area contributed by atoms with Crippen molar-refractivity contribution in [2.75, 3.05) is 0 Å². The lowest BCUT2D eigenvalue weighted by Crippen LogP contribution is -2.18. The molecule has 0 bridgehead atoms. The molecule has 0 aliphatic rings. The lowest BCUT2D eigenvalue weighted by molar-refractivity contribution is 0.0734. The highest BCUT2D eigenvalue weighted by Gasteiger charge is 2.10. The molecule has 1 aromatic heterocycles. The molecular weight excluding hydrogens is 487 g/mol. The highest BCUT2D eigenvalue weighted by Crippen LogP contribution is 2.21. The molecule has 1 amide bonds. The zero-order chi connectivity index (χ0) is 24.8. The summed E-state index contributed by atoms with van der Waals surface area (Å²) >= 11 is 12.1. The number of ether oxygens (including phenoxy) is 1. The van der Waals surface area contributed by atoms with Gasteiger partial charge in [-0.25, -0.2) is 10.2 Å². The maximum atomic E-state index is 12.3. The minimum Gasteiger partial charge on any atom is -0.423 e. The Balaban J connectivity index is 1.30. The molecule has 0 atom stereocenters. The summed E-state index contributed by atoms with van der Waals surface area (Å²) in [5.41, 5.74) is 5.74. The summed E-state index contributed by atoms with van der Waals surface area (Å²) in [6.45, 7) is 2.34. The molecule has 0 aliphatic carbocycles. The second kappa shape index (κ2) is 11.0. The summed E-state index contributed by atoms with van der Waals surface area (Å²) in [7, 11) is 0. The number of aromatic nitrogens is 2. The Labute approximate surface area is 211 Å². The topological polar surface area (TPSA) is 85.6 Å². The van der Waals surface area contributed by atoms with E-state index in [9.17, 15) is 9.59 Å². The number of esters is 1. The highest BCUT2D eigenvalue weighted by molar-refractivity contribution is 6.35. The number of amides is 1. The van der Waals surface area contributed by atoms with E-state index in [1.165, 1.54) is 6.21 Å². The molecule has 0 spiro atoms. The van der Waals surface area contributed by atoms with Gasteiger partial charge in [0.05, 0.1) is 18.3 Å². The van der Waals surface area contributed by atoms with Crippen LogP contribution in [-0.2, 0) is 6.54 Å². The number of carbonyl (C=O) groups excluding carboxylic acids is 2. The van der Waals surface area contributed by atoms with Crippen molar-refractivity contribution < 1.29 is 14.3 Å². The summed E-state index contributed by atoms with van der Waals surface area (Å²) in [6.07, 6.45) is 3.16. The first-order valence-corrected chi connectivity index (χ1v) is 11.3. The van der Waals surface area contributed by atoms with Crippen LogP contribution in [0, 0.1) is 6.92 Å². The first-order valence-electron chi connectivity index (χ1n) is 10.6. The van der Waals surface area contributed by atoms with Crippen molar-refractivity contribution >= 4 is 41.3 Å². The van der Waals surface area contributed by atoms with Gasteiger partial charge in [-0.2, -0.15) is 10.2 Å². The van der Waals surface area contributed by atoms with Gasteiger partial charge in [0, 0.05) is 16.2 Å². The monoisotopic (exact) mass is 506 g/mol. The standard InChI is InChI=1S/C26H20Cl2N4O3/c1-17-2-6-19(7-3-17)26(34)35-22-10-4-18(5-11-22)15-29-30-25(33)24-12-13-32(31-24)16-20-8-9-21(27)14-23(20)28/h2-15H,16H2,1H3,(H,30,33)/b29-15+. The SMILES string of the molecule is Cc1ccc(C(=O)Oc2ccc(/C=N/NC(=O)c3ccn(Cc4ccc(Cl)cc4Cl)n3)cc2)cc1. The third-order valence-electron chi connectivity index (χ3n) is 4.98. The van der Waals surface area contributed by atoms with E-state index < -0.39 is 11.9 Å². The van der Waals surface area contributed by atoms with Gasteiger partial charge < -0.3 is 4.74 Å². The maximum Gasteiger partial charge on any atom is 0.343 e. The van der Waals surface area contributed by atoms with Gasteiger partial charge in [-0.1, -0.05) is 47.0 Å². The van der Waals surface area contributed by atoms with Crippen molar-refractivity contribution in [2.24, 2.45) is 5.10 Å². The van der Waals surface area contributed by atoms with Crippen molar-refractivity contribution in [1.82, 2.24) is 15.2 Å². The minimum absolute atomic E-state index is 0.214. The Bertz CT molecular complexity index is 1380. The Morgan fingerprint density at radius 2 is 1.77 bits per heavy atom. The van der Waals surface area contributed by atoms with Crippen LogP contribution in [0.25, 0.3) is 0 Å². The summed E-state index contributed by atoms with van der Waals surface area (Å²) in [5, 5.41) is 9.30. The fourth-order valence-corrected chi connectivity index (χ4v) is 3.56. The van der Waals surface area contributed by atoms with Crippen molar-refractivity contribution in [3.63, 3.8) is 0 Å². The lowest BCUT2D eigenvalue weighted by atomic mass is 10.1. The number of rotatable bonds is 7. The molecule has 35 heavy (non-hydrogen) atoms. The van der Waals surface area contributed by atoms with Gasteiger partial charge >= 0.3 is 5.97 Å². The summed E-state index contributed by atoms with van der Waals surface area (Å²) in [5.74, 6) is -0.481. The van der Waals surface area contributed by atoms with E-state index in [2.05, 4.69) is 15.6 Å². The second-order valence-electron chi connectivity index (χ2n) is 7.66. The Kier molecular flexibility index (Phi) is 7.60. The van der Waals surface area contributed by atoms with Gasteiger partial charge in [-0.05, 0) is 72.6 Å². The molecule has 4 rings (SSSR count). The van der Waals surface area contributed by atoms with E-state index in [0.717, 1.165) is 11.1 Å². The molecule has 7 nitrogen and oxygen atoms in total. The van der Waals surface area contributed by atoms with E-state index >= 15 is 0 Å². The van der Waals surface area contributed by atoms with Crippen LogP contribution in [0.15, 0.2) is 84.1 Å². The number of carbonyl (C=O) groups is 2. The third-order valence-corrected chi connectivity index (χ3v) is 5.57. The van der Waals surface area contributed by atoms with Gasteiger partial charge in [0.25, 0.3) is 5.91 Å². The molecule has 176 valence electrons. The number of hydrogen-bond donors (Lipinski definition) is 1. The summed E-state index contributed by atoms with van der Waals surface area (Å²) in [4.78, 5) is 24.6. The zero-order valence-corrected chi connectivity index (χ0v) is 20.1. The van der Waals surface area contributed by atoms with Crippen LogP contribution in [0.1, 0.15) is 37.5 Å². The van der Waals surface area contributed by atoms with E-state index in [-0.39, 0.29) is 5.69 Å². The Morgan fingerprint density at radius 3 is 2.49 bits per heavy atom. The van der Waals surface area contributed by atoms with Crippen LogP contribution in [0.2, 0.25) is 10.0 Å². The summed E-state index contributed by atoms with van der Waals surface area (Å²) in [6, 6.07) is 20.7. The predicted octanol–water partition coefficient (Wildman–Crippen LogP) is 5.53. The fraction of sp³-hybridized carbons (Fsp3) is 0.0769. The minimum atomic E-state index is -0.453. The Morgan fingerprint density at radius 1 is 1.03 bits per heavy atom. The first kappa shape index (κ1) is 24.2. The zero-order valence-electron chi connectivity index (χ0n) is 18.6. The van der Waals surface area contributed by atoms with Crippen LogP contribution in [-0.4, -0.2) is 27.9 Å². The third kappa shape index (κ3) is 6.56. The van der Waals surface area contributed by atoms with Gasteiger partial charge in [0.15, 0.2) is 5.69 Å². The average Bonchev–Trinajstić information content (AvgIpc) is 3.31. The van der Waals surface area contributed by atoms with Crippen LogP contribution in [0.4, 0.5) is 0 Å². The molecule has 3 aromatic carbocycles. The number of aryl methyl sites for hydroxylation is 1. The van der Waals surface area contributed by atoms with Crippen molar-refractivity contribution in [1.29, 1.82) is 0 Å². The molecule has 0 fully saturated rings. The van der Waals surface area contributed by atoms with Gasteiger partial charge in [0.1, 0.15) is 5.75 Å². The maximum absolute atomic E-state index is 12.3. The van der Waals surface area contributed by atoms with Gasteiger partial charge in [-0.15, -0.1) is 0 Å². The van der Waals surface area contributed by atoms with Gasteiger partial charge in [-0.3, -0.25) is 9.48 Å². The number of benzene rings is 3. The van der Waals surface area contributed by atoms with E-state index in [0.29, 0.717) is 33.5 Å². The molecule has 1 N–H and O–H groups in total. The summed E-state index contributed by atoms with van der Waals surface area (Å²) < 4.78 is 6.98. The number of nitrogens with one attached hydrogen (secondary N) is 1. The van der Waals surface area contributed by atoms with Crippen LogP contribution >= 0.6 is 23.2 Å². The van der Waals surface area contributed by atoms with Gasteiger partial charge in [0.2, 0.25) is 0 Å². The smallest absolute Gasteiger partial charge is 0.343 e. The molecule has 0 saturated heterocycles. The van der Waals surface area contributed by atoms with Crippen molar-refractivity contribution in [3.05, 3.63) is 117 Å². The largest absolute Gasteiger partial charge is 0.423 e. The normalized spacial score (nSPS) is 10.9. The molecule has 0 radical (unpaired) electrons. The number of halogens is 2. The van der Waals surface area contributed by atoms with Crippen molar-refractivity contribution in [2.45, 2.75) is 13.5 Å². The van der Waals surface area contributed by atoms with Crippen LogP contribution < -0.4 is 10.2 Å². The molecule has 1 heterocycles. The number of hydrogen-bond acceptors (Lipinski definition) is 5. The van der Waals surface area contributed by atoms with Crippen LogP contribution in [0.3, 0.4) is 0 Å². The molecule has 0 saturated carbocycles. The molecule has 9 heteroatoms. The number of hydrazone groups is 1. The quantitative estimate of drug-likeness (QED) is 0.154. The molecular formula is C26H20Cl2N4O3. The molecule has 0 aliphatic heterocycles. The highest BCUT2D eigenvalue weighted by atomic mass is 35.5. The molecule has 4 aromatic rings. The van der Waals surface area contributed by atoms with Crippen LogP contribution in [0.5, 0.6) is 5.75 Å². The fourth-order valence-electron chi connectivity index (χ4n) is 3.10. The average molecular weight is 507 g/mol. The van der Waals surface area contributed by atoms with E-state index in [1.54, 1.807) is 65.5 Å². The Hall–Kier alpha value is -3.94. The van der Waals surface area contributed by atoms with Crippen molar-refractivity contribution in [3.8, 4) is 5.75 Å². The first-order chi connectivity index (χ1) is 16.9. The molecule has 0 unspecified atom stereocenters. The number of nitrogens with zero attached hydrogens (tertiary/aromatic N) is 3. The second-order valence-corrected chi connectivity index (χ2v) is 8.50.